The highest BCUT2D eigenvalue weighted by Gasteiger charge is 2.32. The molecule has 1 unspecified atom stereocenters. The van der Waals surface area contributed by atoms with Crippen molar-refractivity contribution in [2.75, 3.05) is 25.1 Å². The van der Waals surface area contributed by atoms with Crippen molar-refractivity contribution in [3.8, 4) is 0 Å². The van der Waals surface area contributed by atoms with Crippen molar-refractivity contribution < 1.29 is 9.53 Å². The van der Waals surface area contributed by atoms with Gasteiger partial charge in [-0.1, -0.05) is 11.3 Å². The Kier molecular flexibility index (Phi) is 3.73. The molecule has 0 bridgehead atoms. The van der Waals surface area contributed by atoms with E-state index in [0.717, 1.165) is 41.6 Å². The molecule has 100 valence electrons. The molecule has 1 aliphatic rings. The van der Waals surface area contributed by atoms with Gasteiger partial charge in [0, 0.05) is 27.1 Å². The fourth-order valence-electron chi connectivity index (χ4n) is 2.38. The van der Waals surface area contributed by atoms with Crippen LogP contribution in [0.4, 0.5) is 5.13 Å². The third-order valence-electron chi connectivity index (χ3n) is 3.53. The van der Waals surface area contributed by atoms with Crippen LogP contribution >= 0.6 is 11.3 Å². The van der Waals surface area contributed by atoms with Crippen molar-refractivity contribution >= 4 is 22.3 Å². The topological polar surface area (TPSA) is 42.4 Å². The molecule has 0 aromatic carbocycles. The molecule has 5 heteroatoms. The zero-order valence-corrected chi connectivity index (χ0v) is 12.3. The lowest BCUT2D eigenvalue weighted by atomic mass is 9.95. The number of rotatable bonds is 3. The molecule has 2 rings (SSSR count). The molecule has 2 heterocycles. The van der Waals surface area contributed by atoms with Crippen molar-refractivity contribution in [1.29, 1.82) is 0 Å². The van der Waals surface area contributed by atoms with E-state index in [1.165, 1.54) is 11.3 Å². The van der Waals surface area contributed by atoms with Crippen LogP contribution in [0.15, 0.2) is 0 Å². The summed E-state index contributed by atoms with van der Waals surface area (Å²) in [6.07, 6.45) is 2.17. The summed E-state index contributed by atoms with van der Waals surface area (Å²) in [6.45, 7) is 7.46. The molecule has 1 aromatic heterocycles. The van der Waals surface area contributed by atoms with Gasteiger partial charge in [-0.15, -0.1) is 0 Å². The predicted octanol–water partition coefficient (Wildman–Crippen LogP) is 2.66. The summed E-state index contributed by atoms with van der Waals surface area (Å²) in [5, 5.41) is 0.945. The third kappa shape index (κ3) is 2.57. The van der Waals surface area contributed by atoms with Crippen LogP contribution in [0.3, 0.4) is 0 Å². The highest BCUT2D eigenvalue weighted by atomic mass is 32.1. The molecular weight excluding hydrogens is 248 g/mol. The first-order valence-electron chi connectivity index (χ1n) is 6.24. The Morgan fingerprint density at radius 3 is 2.83 bits per heavy atom. The first-order valence-corrected chi connectivity index (χ1v) is 7.05. The summed E-state index contributed by atoms with van der Waals surface area (Å²) < 4.78 is 5.58. The average Bonchev–Trinajstić information content (AvgIpc) is 2.72. The van der Waals surface area contributed by atoms with Gasteiger partial charge in [0.25, 0.3) is 0 Å². The van der Waals surface area contributed by atoms with Gasteiger partial charge in [0.05, 0.1) is 16.2 Å². The Labute approximate surface area is 112 Å². The zero-order chi connectivity index (χ0) is 13.3. The Balaban J connectivity index is 2.21. The molecule has 0 N–H and O–H groups in total. The highest BCUT2D eigenvalue weighted by Crippen LogP contribution is 2.32. The van der Waals surface area contributed by atoms with Crippen LogP contribution < -0.4 is 4.90 Å². The van der Waals surface area contributed by atoms with E-state index in [9.17, 15) is 4.79 Å². The van der Waals surface area contributed by atoms with Crippen LogP contribution in [-0.4, -0.2) is 36.6 Å². The highest BCUT2D eigenvalue weighted by molar-refractivity contribution is 7.17. The van der Waals surface area contributed by atoms with Crippen LogP contribution in [0.5, 0.6) is 0 Å². The van der Waals surface area contributed by atoms with Crippen LogP contribution in [0.25, 0.3) is 0 Å². The average molecular weight is 268 g/mol. The number of carbonyl (C=O) groups excluding carboxylic acids is 1. The van der Waals surface area contributed by atoms with Crippen molar-refractivity contribution in [2.45, 2.75) is 39.2 Å². The maximum absolute atomic E-state index is 11.5. The molecular formula is C13H20N2O2S. The fourth-order valence-corrected chi connectivity index (χ4v) is 3.37. The zero-order valence-electron chi connectivity index (χ0n) is 11.4. The second kappa shape index (κ2) is 4.97. The normalized spacial score (nSPS) is 24.3. The van der Waals surface area contributed by atoms with Crippen molar-refractivity contribution in [3.63, 3.8) is 0 Å². The number of methoxy groups -OCH3 is 1. The summed E-state index contributed by atoms with van der Waals surface area (Å²) in [6, 6.07) is 0. The number of nitrogens with zero attached hydrogens (tertiary/aromatic N) is 2. The number of hydrogen-bond acceptors (Lipinski definition) is 5. The van der Waals surface area contributed by atoms with E-state index in [-0.39, 0.29) is 11.4 Å². The Morgan fingerprint density at radius 1 is 1.56 bits per heavy atom. The van der Waals surface area contributed by atoms with Gasteiger partial charge in [-0.3, -0.25) is 4.79 Å². The molecule has 0 aliphatic carbocycles. The Morgan fingerprint density at radius 2 is 2.28 bits per heavy atom. The molecule has 18 heavy (non-hydrogen) atoms. The first kappa shape index (κ1) is 13.5. The van der Waals surface area contributed by atoms with Crippen LogP contribution in [0, 0.1) is 6.92 Å². The Bertz CT molecular complexity index is 458. The quantitative estimate of drug-likeness (QED) is 0.790. The van der Waals surface area contributed by atoms with Crippen LogP contribution in [-0.2, 0) is 4.74 Å². The predicted molar refractivity (Wildman–Crippen MR) is 73.7 cm³/mol. The maximum atomic E-state index is 11.5. The molecule has 0 radical (unpaired) electrons. The lowest BCUT2D eigenvalue weighted by Crippen LogP contribution is -2.47. The number of piperidine rings is 1. The molecule has 1 fully saturated rings. The first-order chi connectivity index (χ1) is 8.45. The Hall–Kier alpha value is -0.940. The molecule has 1 saturated heterocycles. The number of ether oxygens (including phenoxy) is 1. The third-order valence-corrected chi connectivity index (χ3v) is 4.85. The lowest BCUT2D eigenvalue weighted by molar-refractivity contribution is -0.00466. The largest absolute Gasteiger partial charge is 0.377 e. The summed E-state index contributed by atoms with van der Waals surface area (Å²) >= 11 is 1.50. The van der Waals surface area contributed by atoms with Gasteiger partial charge in [0.15, 0.2) is 10.9 Å². The monoisotopic (exact) mass is 268 g/mol. The van der Waals surface area contributed by atoms with E-state index in [1.54, 1.807) is 14.0 Å². The van der Waals surface area contributed by atoms with E-state index in [0.29, 0.717) is 0 Å². The number of anilines is 1. The molecule has 1 atom stereocenters. The molecule has 0 saturated carbocycles. The van der Waals surface area contributed by atoms with E-state index >= 15 is 0 Å². The summed E-state index contributed by atoms with van der Waals surface area (Å²) in [7, 11) is 1.76. The molecule has 1 aliphatic heterocycles. The molecule has 0 amide bonds. The standard InChI is InChI=1S/C13H20N2O2S/c1-9-11(10(2)16)18-12(14-9)15-7-5-6-13(3,8-15)17-4/h5-8H2,1-4H3. The molecule has 0 spiro atoms. The van der Waals surface area contributed by atoms with Crippen molar-refractivity contribution in [1.82, 2.24) is 4.98 Å². The lowest BCUT2D eigenvalue weighted by Gasteiger charge is -2.39. The minimum absolute atomic E-state index is 0.0998. The summed E-state index contributed by atoms with van der Waals surface area (Å²) in [5.41, 5.74) is 0.737. The van der Waals surface area contributed by atoms with Gasteiger partial charge in [-0.25, -0.2) is 4.98 Å². The number of carbonyl (C=O) groups is 1. The maximum Gasteiger partial charge on any atom is 0.186 e. The van der Waals surface area contributed by atoms with Gasteiger partial charge in [0.1, 0.15) is 0 Å². The number of aryl methyl sites for hydroxylation is 1. The van der Waals surface area contributed by atoms with Crippen LogP contribution in [0.1, 0.15) is 42.1 Å². The number of Topliss-reactive ketones (excluding diaryl/α,β-unsaturated/α-hetero) is 1. The minimum Gasteiger partial charge on any atom is -0.377 e. The van der Waals surface area contributed by atoms with Gasteiger partial charge in [-0.2, -0.15) is 0 Å². The van der Waals surface area contributed by atoms with Gasteiger partial charge in [0.2, 0.25) is 0 Å². The number of hydrogen-bond donors (Lipinski definition) is 0. The molecule has 4 nitrogen and oxygen atoms in total. The van der Waals surface area contributed by atoms with E-state index < -0.39 is 0 Å². The van der Waals surface area contributed by atoms with Crippen molar-refractivity contribution in [2.24, 2.45) is 0 Å². The van der Waals surface area contributed by atoms with E-state index in [4.69, 9.17) is 4.74 Å². The number of ketones is 1. The number of thiazole rings is 1. The molecule has 1 aromatic rings. The fraction of sp³-hybridized carbons (Fsp3) is 0.692. The summed E-state index contributed by atoms with van der Waals surface area (Å²) in [4.78, 5) is 19.0. The van der Waals surface area contributed by atoms with Gasteiger partial charge in [-0.05, 0) is 26.7 Å². The van der Waals surface area contributed by atoms with E-state index in [2.05, 4.69) is 16.8 Å². The van der Waals surface area contributed by atoms with E-state index in [1.807, 2.05) is 6.92 Å². The van der Waals surface area contributed by atoms with Crippen molar-refractivity contribution in [3.05, 3.63) is 10.6 Å². The summed E-state index contributed by atoms with van der Waals surface area (Å²) in [5.74, 6) is 0.0998. The second-order valence-corrected chi connectivity index (χ2v) is 6.12. The van der Waals surface area contributed by atoms with Gasteiger partial charge < -0.3 is 9.64 Å². The van der Waals surface area contributed by atoms with Gasteiger partial charge >= 0.3 is 0 Å². The van der Waals surface area contributed by atoms with Crippen LogP contribution in [0.2, 0.25) is 0 Å². The SMILES string of the molecule is COC1(C)CCCN(c2nc(C)c(C(C)=O)s2)C1. The smallest absolute Gasteiger partial charge is 0.186 e. The minimum atomic E-state index is -0.103. The second-order valence-electron chi connectivity index (χ2n) is 5.15. The number of aromatic nitrogens is 1.